The van der Waals surface area contributed by atoms with Crippen molar-refractivity contribution in [3.63, 3.8) is 0 Å². The highest BCUT2D eigenvalue weighted by atomic mass is 32.2. The SMILES string of the molecule is N[C@@H](CCCNS(=O)(=O)c1ccc([N+](=O)[O-])cc1)C(=O)O. The first-order valence-electron chi connectivity index (χ1n) is 5.96. The predicted octanol–water partition coefficient (Wildman–Crippen LogP) is 0.0652. The number of benzene rings is 1. The van der Waals surface area contributed by atoms with Gasteiger partial charge < -0.3 is 10.8 Å². The van der Waals surface area contributed by atoms with Crippen LogP contribution in [-0.4, -0.2) is 37.0 Å². The molecule has 10 heteroatoms. The van der Waals surface area contributed by atoms with Crippen LogP contribution in [-0.2, 0) is 14.8 Å². The summed E-state index contributed by atoms with van der Waals surface area (Å²) in [6, 6.07) is 3.41. The lowest BCUT2D eigenvalue weighted by Gasteiger charge is -2.08. The second-order valence-electron chi connectivity index (χ2n) is 4.24. The molecule has 0 amide bonds. The van der Waals surface area contributed by atoms with Crippen molar-refractivity contribution in [3.05, 3.63) is 34.4 Å². The number of carboxylic acids is 1. The van der Waals surface area contributed by atoms with Crippen LogP contribution in [0.15, 0.2) is 29.2 Å². The molecule has 9 nitrogen and oxygen atoms in total. The van der Waals surface area contributed by atoms with E-state index >= 15 is 0 Å². The van der Waals surface area contributed by atoms with Gasteiger partial charge in [-0.15, -0.1) is 0 Å². The van der Waals surface area contributed by atoms with Crippen LogP contribution in [0.2, 0.25) is 0 Å². The summed E-state index contributed by atoms with van der Waals surface area (Å²) in [5, 5.41) is 19.0. The van der Waals surface area contributed by atoms with E-state index in [1.807, 2.05) is 0 Å². The summed E-state index contributed by atoms with van der Waals surface area (Å²) < 4.78 is 26.0. The maximum absolute atomic E-state index is 11.9. The molecule has 0 unspecified atom stereocenters. The first-order valence-corrected chi connectivity index (χ1v) is 7.45. The molecule has 0 bridgehead atoms. The zero-order valence-electron chi connectivity index (χ0n) is 10.9. The highest BCUT2D eigenvalue weighted by molar-refractivity contribution is 7.89. The Bertz CT molecular complexity index is 613. The second kappa shape index (κ2) is 7.11. The van der Waals surface area contributed by atoms with Crippen molar-refractivity contribution in [1.29, 1.82) is 0 Å². The molecule has 0 spiro atoms. The van der Waals surface area contributed by atoms with Crippen LogP contribution in [0.25, 0.3) is 0 Å². The molecule has 21 heavy (non-hydrogen) atoms. The summed E-state index contributed by atoms with van der Waals surface area (Å²) in [6.07, 6.45) is 0.401. The third kappa shape index (κ3) is 5.10. The van der Waals surface area contributed by atoms with E-state index in [1.54, 1.807) is 0 Å². The van der Waals surface area contributed by atoms with Crippen LogP contribution in [0.3, 0.4) is 0 Å². The van der Waals surface area contributed by atoms with Gasteiger partial charge in [0.1, 0.15) is 6.04 Å². The Morgan fingerprint density at radius 3 is 2.43 bits per heavy atom. The Kier molecular flexibility index (Phi) is 5.76. The van der Waals surface area contributed by atoms with Crippen LogP contribution in [0.4, 0.5) is 5.69 Å². The zero-order valence-corrected chi connectivity index (χ0v) is 11.7. The van der Waals surface area contributed by atoms with Gasteiger partial charge in [0.15, 0.2) is 0 Å². The molecule has 0 saturated carbocycles. The number of nitrogens with two attached hydrogens (primary N) is 1. The Hall–Kier alpha value is -2.04. The van der Waals surface area contributed by atoms with Gasteiger partial charge in [-0.2, -0.15) is 0 Å². The highest BCUT2D eigenvalue weighted by Gasteiger charge is 2.16. The molecule has 0 radical (unpaired) electrons. The summed E-state index contributed by atoms with van der Waals surface area (Å²) >= 11 is 0. The van der Waals surface area contributed by atoms with Gasteiger partial charge in [-0.05, 0) is 25.0 Å². The number of hydrogen-bond acceptors (Lipinski definition) is 6. The monoisotopic (exact) mass is 317 g/mol. The van der Waals surface area contributed by atoms with Crippen molar-refractivity contribution >= 4 is 21.7 Å². The van der Waals surface area contributed by atoms with E-state index in [2.05, 4.69) is 4.72 Å². The Morgan fingerprint density at radius 1 is 1.38 bits per heavy atom. The molecule has 4 N–H and O–H groups in total. The van der Waals surface area contributed by atoms with Crippen molar-refractivity contribution < 1.29 is 23.2 Å². The number of carboxylic acid groups (broad SMARTS) is 1. The van der Waals surface area contributed by atoms with E-state index < -0.39 is 27.0 Å². The van der Waals surface area contributed by atoms with E-state index in [-0.39, 0.29) is 30.0 Å². The maximum atomic E-state index is 11.9. The third-order valence-electron chi connectivity index (χ3n) is 2.66. The minimum absolute atomic E-state index is 0.0281. The van der Waals surface area contributed by atoms with Gasteiger partial charge in [-0.25, -0.2) is 13.1 Å². The lowest BCUT2D eigenvalue weighted by atomic mass is 10.2. The Morgan fingerprint density at radius 2 is 1.95 bits per heavy atom. The first kappa shape index (κ1) is 17.0. The topological polar surface area (TPSA) is 153 Å². The van der Waals surface area contributed by atoms with Crippen LogP contribution in [0, 0.1) is 10.1 Å². The quantitative estimate of drug-likeness (QED) is 0.348. The molecule has 0 saturated heterocycles. The Labute approximate surface area is 121 Å². The lowest BCUT2D eigenvalue weighted by Crippen LogP contribution is -2.32. The summed E-state index contributed by atoms with van der Waals surface area (Å²) in [5.41, 5.74) is 5.07. The fourth-order valence-corrected chi connectivity index (χ4v) is 2.56. The molecule has 0 aliphatic carbocycles. The van der Waals surface area contributed by atoms with Gasteiger partial charge in [0.05, 0.1) is 9.82 Å². The average Bonchev–Trinajstić information content (AvgIpc) is 2.43. The van der Waals surface area contributed by atoms with Crippen LogP contribution < -0.4 is 10.5 Å². The van der Waals surface area contributed by atoms with E-state index in [1.165, 1.54) is 0 Å². The number of nitrogens with zero attached hydrogens (tertiary/aromatic N) is 1. The first-order chi connectivity index (χ1) is 9.74. The van der Waals surface area contributed by atoms with E-state index in [0.717, 1.165) is 24.3 Å². The minimum Gasteiger partial charge on any atom is -0.480 e. The molecular weight excluding hydrogens is 302 g/mol. The number of sulfonamides is 1. The van der Waals surface area contributed by atoms with Crippen molar-refractivity contribution in [3.8, 4) is 0 Å². The lowest BCUT2D eigenvalue weighted by molar-refractivity contribution is -0.384. The minimum atomic E-state index is -3.78. The van der Waals surface area contributed by atoms with Gasteiger partial charge in [0.2, 0.25) is 10.0 Å². The molecule has 116 valence electrons. The fourth-order valence-electron chi connectivity index (χ4n) is 1.48. The van der Waals surface area contributed by atoms with E-state index in [4.69, 9.17) is 10.8 Å². The molecule has 0 aliphatic heterocycles. The largest absolute Gasteiger partial charge is 0.480 e. The smallest absolute Gasteiger partial charge is 0.320 e. The van der Waals surface area contributed by atoms with Gasteiger partial charge in [-0.1, -0.05) is 0 Å². The van der Waals surface area contributed by atoms with Crippen LogP contribution >= 0.6 is 0 Å². The van der Waals surface area contributed by atoms with Gasteiger partial charge in [0.25, 0.3) is 5.69 Å². The van der Waals surface area contributed by atoms with Crippen LogP contribution in [0.1, 0.15) is 12.8 Å². The van der Waals surface area contributed by atoms with Crippen molar-refractivity contribution in [2.24, 2.45) is 5.73 Å². The maximum Gasteiger partial charge on any atom is 0.320 e. The number of aliphatic carboxylic acids is 1. The summed E-state index contributed by atoms with van der Waals surface area (Å²) in [6.45, 7) is 0.0281. The third-order valence-corrected chi connectivity index (χ3v) is 4.14. The van der Waals surface area contributed by atoms with Crippen molar-refractivity contribution in [2.45, 2.75) is 23.8 Å². The van der Waals surface area contributed by atoms with Gasteiger partial charge >= 0.3 is 5.97 Å². The molecular formula is C11H15N3O6S. The fraction of sp³-hybridized carbons (Fsp3) is 0.364. The summed E-state index contributed by atoms with van der Waals surface area (Å²) in [4.78, 5) is 20.2. The van der Waals surface area contributed by atoms with Crippen molar-refractivity contribution in [1.82, 2.24) is 4.72 Å². The molecule has 0 aromatic heterocycles. The molecule has 1 atom stereocenters. The van der Waals surface area contributed by atoms with E-state index in [9.17, 15) is 23.3 Å². The zero-order chi connectivity index (χ0) is 16.0. The molecule has 0 heterocycles. The molecule has 1 aromatic carbocycles. The molecule has 1 rings (SSSR count). The average molecular weight is 317 g/mol. The number of nitrogens with one attached hydrogen (secondary N) is 1. The van der Waals surface area contributed by atoms with Gasteiger partial charge in [-0.3, -0.25) is 14.9 Å². The summed E-state index contributed by atoms with van der Waals surface area (Å²) in [5.74, 6) is -1.15. The molecule has 0 fully saturated rings. The number of hydrogen-bond donors (Lipinski definition) is 3. The van der Waals surface area contributed by atoms with Crippen molar-refractivity contribution in [2.75, 3.05) is 6.54 Å². The number of nitro groups is 1. The number of non-ortho nitro benzene ring substituents is 1. The van der Waals surface area contributed by atoms with E-state index in [0.29, 0.717) is 0 Å². The van der Waals surface area contributed by atoms with Gasteiger partial charge in [0, 0.05) is 18.7 Å². The molecule has 0 aliphatic rings. The summed E-state index contributed by atoms with van der Waals surface area (Å²) in [7, 11) is -3.78. The number of carbonyl (C=O) groups is 1. The number of nitro benzene ring substituents is 1. The Balaban J connectivity index is 2.57. The predicted molar refractivity (Wildman–Crippen MR) is 73.1 cm³/mol. The molecule has 1 aromatic rings. The van der Waals surface area contributed by atoms with Crippen LogP contribution in [0.5, 0.6) is 0 Å². The highest BCUT2D eigenvalue weighted by Crippen LogP contribution is 2.15. The number of rotatable bonds is 8. The second-order valence-corrected chi connectivity index (χ2v) is 6.00. The standard InChI is InChI=1S/C11H15N3O6S/c12-10(11(15)16)2-1-7-13-21(19,20)9-5-3-8(4-6-9)14(17)18/h3-6,10,13H,1-2,7,12H2,(H,15,16)/t10-/m0/s1. The normalized spacial score (nSPS) is 12.8.